The maximum Gasteiger partial charge on any atom is 0.262 e. The molecule has 82 valence electrons. The Hall–Kier alpha value is -0.970. The highest BCUT2D eigenvalue weighted by Crippen LogP contribution is 2.18. The summed E-state index contributed by atoms with van der Waals surface area (Å²) in [5.74, 6) is -0.344. The summed E-state index contributed by atoms with van der Waals surface area (Å²) in [5, 5.41) is 2.40. The van der Waals surface area contributed by atoms with Crippen molar-refractivity contribution in [3.05, 3.63) is 22.3 Å². The van der Waals surface area contributed by atoms with Gasteiger partial charge in [-0.05, 0) is 48.3 Å². The first kappa shape index (κ1) is 12.1. The van der Waals surface area contributed by atoms with Crippen LogP contribution in [-0.4, -0.2) is 16.6 Å². The molecule has 1 heterocycles. The number of pyridine rings is 1. The zero-order valence-electron chi connectivity index (χ0n) is 8.77. The molecule has 0 fully saturated rings. The van der Waals surface area contributed by atoms with E-state index in [9.17, 15) is 9.18 Å². The lowest BCUT2D eigenvalue weighted by Crippen LogP contribution is -2.32. The molecule has 0 unspecified atom stereocenters. The summed E-state index contributed by atoms with van der Waals surface area (Å²) in [6, 6.07) is 1.67. The number of hydrogen-bond donors (Lipinski definition) is 1. The summed E-state index contributed by atoms with van der Waals surface area (Å²) in [4.78, 5) is 15.2. The minimum atomic E-state index is -1.90. The van der Waals surface area contributed by atoms with Gasteiger partial charge in [-0.25, -0.2) is 9.37 Å². The van der Waals surface area contributed by atoms with E-state index in [1.165, 1.54) is 13.8 Å². The molecule has 0 radical (unpaired) electrons. The maximum absolute atomic E-state index is 13.2. The highest BCUT2D eigenvalue weighted by Gasteiger charge is 2.26. The Bertz CT molecular complexity index is 387. The highest BCUT2D eigenvalue weighted by molar-refractivity contribution is 9.10. The van der Waals surface area contributed by atoms with E-state index >= 15 is 0 Å². The van der Waals surface area contributed by atoms with Crippen LogP contribution >= 0.6 is 15.9 Å². The van der Waals surface area contributed by atoms with Gasteiger partial charge in [0.1, 0.15) is 5.82 Å². The van der Waals surface area contributed by atoms with Crippen LogP contribution in [0.15, 0.2) is 16.7 Å². The van der Waals surface area contributed by atoms with Crippen molar-refractivity contribution in [2.45, 2.75) is 26.4 Å². The first-order valence-electron chi connectivity index (χ1n) is 4.43. The number of hydrogen-bond acceptors (Lipinski definition) is 2. The molecule has 15 heavy (non-hydrogen) atoms. The molecule has 5 heteroatoms. The Kier molecular flexibility index (Phi) is 3.44. The summed E-state index contributed by atoms with van der Waals surface area (Å²) < 4.78 is 14.0. The smallest absolute Gasteiger partial charge is 0.262 e. The van der Waals surface area contributed by atoms with Gasteiger partial charge in [0.15, 0.2) is 5.67 Å². The van der Waals surface area contributed by atoms with Crippen LogP contribution < -0.4 is 5.32 Å². The van der Waals surface area contributed by atoms with Crippen molar-refractivity contribution in [2.24, 2.45) is 0 Å². The summed E-state index contributed by atoms with van der Waals surface area (Å²) in [6.45, 7) is 4.27. The molecule has 3 nitrogen and oxygen atoms in total. The van der Waals surface area contributed by atoms with Gasteiger partial charge < -0.3 is 5.32 Å². The van der Waals surface area contributed by atoms with Crippen LogP contribution in [0.25, 0.3) is 0 Å². The number of amides is 1. The van der Waals surface area contributed by atoms with Crippen molar-refractivity contribution in [3.8, 4) is 0 Å². The van der Waals surface area contributed by atoms with Crippen LogP contribution in [0.1, 0.15) is 19.4 Å². The standard InChI is InChI=1S/C10H12BrFN2O/c1-6-4-8(13-5-7(6)11)14-9(15)10(2,3)12/h4-5H,1-3H3,(H,13,14,15). The number of anilines is 1. The molecule has 1 amide bonds. The highest BCUT2D eigenvalue weighted by atomic mass is 79.9. The molecule has 0 aromatic carbocycles. The fourth-order valence-electron chi connectivity index (χ4n) is 0.873. The van der Waals surface area contributed by atoms with Crippen LogP contribution in [0, 0.1) is 6.92 Å². The topological polar surface area (TPSA) is 42.0 Å². The Labute approximate surface area is 96.2 Å². The maximum atomic E-state index is 13.2. The van der Waals surface area contributed by atoms with Gasteiger partial charge in [-0.2, -0.15) is 0 Å². The first-order chi connectivity index (χ1) is 6.80. The molecule has 0 aliphatic carbocycles. The van der Waals surface area contributed by atoms with E-state index in [0.29, 0.717) is 5.82 Å². The van der Waals surface area contributed by atoms with E-state index in [2.05, 4.69) is 26.2 Å². The molecule has 0 saturated carbocycles. The van der Waals surface area contributed by atoms with E-state index < -0.39 is 11.6 Å². The van der Waals surface area contributed by atoms with Crippen molar-refractivity contribution in [2.75, 3.05) is 5.32 Å². The Balaban J connectivity index is 2.83. The lowest BCUT2D eigenvalue weighted by Gasteiger charge is -2.13. The predicted molar refractivity (Wildman–Crippen MR) is 60.5 cm³/mol. The number of alkyl halides is 1. The molecule has 0 spiro atoms. The van der Waals surface area contributed by atoms with Crippen LogP contribution in [0.5, 0.6) is 0 Å². The monoisotopic (exact) mass is 274 g/mol. The molecule has 0 atom stereocenters. The fourth-order valence-corrected chi connectivity index (χ4v) is 1.09. The number of aryl methyl sites for hydroxylation is 1. The van der Waals surface area contributed by atoms with E-state index in [0.717, 1.165) is 10.0 Å². The van der Waals surface area contributed by atoms with Gasteiger partial charge in [-0.3, -0.25) is 4.79 Å². The van der Waals surface area contributed by atoms with Crippen LogP contribution in [0.4, 0.5) is 10.2 Å². The molecule has 1 N–H and O–H groups in total. The second kappa shape index (κ2) is 4.26. The van der Waals surface area contributed by atoms with Crippen molar-refractivity contribution >= 4 is 27.7 Å². The summed E-state index contributed by atoms with van der Waals surface area (Å²) in [7, 11) is 0. The van der Waals surface area contributed by atoms with Crippen LogP contribution in [0.3, 0.4) is 0 Å². The zero-order valence-corrected chi connectivity index (χ0v) is 10.4. The quantitative estimate of drug-likeness (QED) is 0.901. The normalized spacial score (nSPS) is 11.3. The number of carbonyl (C=O) groups excluding carboxylic acids is 1. The molecule has 0 aliphatic rings. The number of halogens is 2. The second-order valence-corrected chi connectivity index (χ2v) is 4.60. The molecular weight excluding hydrogens is 263 g/mol. The fraction of sp³-hybridized carbons (Fsp3) is 0.400. The van der Waals surface area contributed by atoms with Crippen molar-refractivity contribution < 1.29 is 9.18 Å². The average Bonchev–Trinajstić information content (AvgIpc) is 2.10. The summed E-state index contributed by atoms with van der Waals surface area (Å²) in [5.41, 5.74) is -0.972. The van der Waals surface area contributed by atoms with Crippen LogP contribution in [0.2, 0.25) is 0 Å². The molecule has 1 aromatic heterocycles. The molecule has 0 bridgehead atoms. The number of aromatic nitrogens is 1. The first-order valence-corrected chi connectivity index (χ1v) is 5.22. The van der Waals surface area contributed by atoms with Gasteiger partial charge in [-0.1, -0.05) is 0 Å². The Morgan fingerprint density at radius 3 is 2.67 bits per heavy atom. The number of carbonyl (C=O) groups is 1. The van der Waals surface area contributed by atoms with Gasteiger partial charge >= 0.3 is 0 Å². The Morgan fingerprint density at radius 1 is 1.60 bits per heavy atom. The van der Waals surface area contributed by atoms with Gasteiger partial charge in [-0.15, -0.1) is 0 Å². The third-order valence-electron chi connectivity index (χ3n) is 1.83. The van der Waals surface area contributed by atoms with E-state index in [-0.39, 0.29) is 0 Å². The molecule has 1 aromatic rings. The number of nitrogens with zero attached hydrogens (tertiary/aromatic N) is 1. The molecule has 1 rings (SSSR count). The van der Waals surface area contributed by atoms with E-state index in [1.807, 2.05) is 6.92 Å². The van der Waals surface area contributed by atoms with E-state index in [4.69, 9.17) is 0 Å². The number of rotatable bonds is 2. The van der Waals surface area contributed by atoms with Gasteiger partial charge in [0, 0.05) is 10.7 Å². The largest absolute Gasteiger partial charge is 0.308 e. The summed E-state index contributed by atoms with van der Waals surface area (Å²) in [6.07, 6.45) is 1.57. The van der Waals surface area contributed by atoms with E-state index in [1.54, 1.807) is 12.3 Å². The van der Waals surface area contributed by atoms with Gasteiger partial charge in [0.2, 0.25) is 0 Å². The third kappa shape index (κ3) is 3.27. The van der Waals surface area contributed by atoms with Gasteiger partial charge in [0.05, 0.1) is 0 Å². The zero-order chi connectivity index (χ0) is 11.6. The van der Waals surface area contributed by atoms with Crippen LogP contribution in [-0.2, 0) is 4.79 Å². The minimum Gasteiger partial charge on any atom is -0.308 e. The molecule has 0 aliphatic heterocycles. The summed E-state index contributed by atoms with van der Waals surface area (Å²) >= 11 is 3.29. The Morgan fingerprint density at radius 2 is 2.20 bits per heavy atom. The van der Waals surface area contributed by atoms with Crippen molar-refractivity contribution in [1.29, 1.82) is 0 Å². The minimum absolute atomic E-state index is 0.353. The second-order valence-electron chi connectivity index (χ2n) is 3.75. The lowest BCUT2D eigenvalue weighted by molar-refractivity contribution is -0.125. The van der Waals surface area contributed by atoms with Crippen molar-refractivity contribution in [1.82, 2.24) is 4.98 Å². The average molecular weight is 275 g/mol. The molecule has 0 saturated heterocycles. The SMILES string of the molecule is Cc1cc(NC(=O)C(C)(C)F)ncc1Br. The predicted octanol–water partition coefficient (Wildman–Crippen LogP) is 2.84. The lowest BCUT2D eigenvalue weighted by atomic mass is 10.1. The van der Waals surface area contributed by atoms with Gasteiger partial charge in [0.25, 0.3) is 5.91 Å². The third-order valence-corrected chi connectivity index (χ3v) is 2.66. The number of nitrogens with one attached hydrogen (secondary N) is 1. The van der Waals surface area contributed by atoms with Crippen molar-refractivity contribution in [3.63, 3.8) is 0 Å². The molecular formula is C10H12BrFN2O.